The highest BCUT2D eigenvalue weighted by Crippen LogP contribution is 2.24. The second-order valence-electron chi connectivity index (χ2n) is 7.91. The summed E-state index contributed by atoms with van der Waals surface area (Å²) in [5.41, 5.74) is 0.427. The van der Waals surface area contributed by atoms with E-state index < -0.39 is 11.4 Å². The zero-order valence-electron chi connectivity index (χ0n) is 18.6. The first-order valence-electron chi connectivity index (χ1n) is 11.0. The van der Waals surface area contributed by atoms with E-state index >= 15 is 0 Å². The van der Waals surface area contributed by atoms with Gasteiger partial charge in [0.05, 0.1) is 18.3 Å². The van der Waals surface area contributed by atoms with Gasteiger partial charge in [0.15, 0.2) is 5.75 Å². The molecular weight excluding hydrogens is 437 g/mol. The van der Waals surface area contributed by atoms with Gasteiger partial charge < -0.3 is 9.64 Å². The largest absolute Gasteiger partial charge is 0.487 e. The molecule has 0 bridgehead atoms. The van der Waals surface area contributed by atoms with Crippen LogP contribution < -0.4 is 15.2 Å². The summed E-state index contributed by atoms with van der Waals surface area (Å²) in [5, 5.41) is 13.6. The van der Waals surface area contributed by atoms with Gasteiger partial charge in [0.2, 0.25) is 17.3 Å². The Morgan fingerprint density at radius 2 is 2.00 bits per heavy atom. The number of aryl methyl sites for hydroxylation is 1. The van der Waals surface area contributed by atoms with Crippen molar-refractivity contribution in [3.05, 3.63) is 75.5 Å². The number of benzene rings is 1. The topological polar surface area (TPSA) is 101 Å². The molecule has 1 aliphatic rings. The van der Waals surface area contributed by atoms with Crippen molar-refractivity contribution in [3.8, 4) is 17.5 Å². The first-order valence-corrected chi connectivity index (χ1v) is 11.0. The van der Waals surface area contributed by atoms with Crippen LogP contribution in [0.5, 0.6) is 5.75 Å². The number of hydrogen-bond donors (Lipinski definition) is 0. The van der Waals surface area contributed by atoms with Crippen molar-refractivity contribution < 1.29 is 9.13 Å². The lowest BCUT2D eigenvalue weighted by Crippen LogP contribution is -2.39. The van der Waals surface area contributed by atoms with Gasteiger partial charge in [-0.25, -0.2) is 19.2 Å². The Kier molecular flexibility index (Phi) is 6.79. The van der Waals surface area contributed by atoms with Crippen LogP contribution in [0.15, 0.2) is 41.5 Å². The second kappa shape index (κ2) is 10.1. The first-order chi connectivity index (χ1) is 16.5. The van der Waals surface area contributed by atoms with E-state index in [1.54, 1.807) is 0 Å². The molecule has 0 unspecified atom stereocenters. The summed E-state index contributed by atoms with van der Waals surface area (Å²) in [4.78, 5) is 26.7. The third-order valence-electron chi connectivity index (χ3n) is 5.55. The van der Waals surface area contributed by atoms with Crippen LogP contribution in [-0.4, -0.2) is 38.9 Å². The molecule has 0 radical (unpaired) electrons. The summed E-state index contributed by atoms with van der Waals surface area (Å²) >= 11 is 0. The number of nitrogens with zero attached hydrogens (tertiary/aromatic N) is 7. The molecule has 1 aliphatic heterocycles. The Morgan fingerprint density at radius 1 is 1.26 bits per heavy atom. The number of ether oxygens (including phenoxy) is 1. The van der Waals surface area contributed by atoms with Crippen molar-refractivity contribution in [1.82, 2.24) is 19.7 Å². The van der Waals surface area contributed by atoms with E-state index in [1.807, 2.05) is 18.5 Å². The minimum absolute atomic E-state index is 0.0773. The minimum Gasteiger partial charge on any atom is -0.487 e. The molecule has 34 heavy (non-hydrogen) atoms. The van der Waals surface area contributed by atoms with Crippen LogP contribution >= 0.6 is 0 Å². The maximum Gasteiger partial charge on any atom is 0.275 e. The van der Waals surface area contributed by atoms with Gasteiger partial charge in [-0.1, -0.05) is 19.4 Å². The third-order valence-corrected chi connectivity index (χ3v) is 5.55. The van der Waals surface area contributed by atoms with Crippen LogP contribution in [0.2, 0.25) is 0 Å². The maximum absolute atomic E-state index is 14.0. The predicted octanol–water partition coefficient (Wildman–Crippen LogP) is 3.58. The quantitative estimate of drug-likeness (QED) is 0.519. The van der Waals surface area contributed by atoms with Gasteiger partial charge in [-0.2, -0.15) is 9.94 Å². The summed E-state index contributed by atoms with van der Waals surface area (Å²) in [6, 6.07) is 6.83. The fraction of sp³-hybridized carbons (Fsp3) is 0.333. The van der Waals surface area contributed by atoms with Crippen LogP contribution in [0.3, 0.4) is 0 Å². The van der Waals surface area contributed by atoms with Crippen molar-refractivity contribution in [2.75, 3.05) is 18.0 Å². The van der Waals surface area contributed by atoms with Crippen LogP contribution in [0, 0.1) is 23.7 Å². The minimum atomic E-state index is -0.768. The zero-order valence-corrected chi connectivity index (χ0v) is 18.6. The number of piperidine rings is 1. The Balaban J connectivity index is 1.46. The van der Waals surface area contributed by atoms with Gasteiger partial charge in [0, 0.05) is 38.3 Å². The zero-order chi connectivity index (χ0) is 24.1. The Labute approximate surface area is 195 Å². The summed E-state index contributed by atoms with van der Waals surface area (Å²) in [7, 11) is 0. The van der Waals surface area contributed by atoms with E-state index in [0.29, 0.717) is 31.9 Å². The number of aromatic nitrogens is 4. The van der Waals surface area contributed by atoms with Gasteiger partial charge in [-0.3, -0.25) is 4.79 Å². The van der Waals surface area contributed by atoms with Crippen molar-refractivity contribution in [3.63, 3.8) is 0 Å². The third kappa shape index (κ3) is 4.86. The van der Waals surface area contributed by atoms with Crippen molar-refractivity contribution >= 4 is 11.6 Å². The Bertz CT molecular complexity index is 1320. The molecule has 0 spiro atoms. The second-order valence-corrected chi connectivity index (χ2v) is 7.91. The van der Waals surface area contributed by atoms with E-state index in [-0.39, 0.29) is 28.9 Å². The standard InChI is InChI=1S/C24H22FN7O2/c1-3-4-16-14-28-24(29-15-16)31-9-7-18(8-10-31)34-22-12-23(33)32(30-21(22)13-26)17-5-6-20(27-2)19(25)11-17/h5-6,11-12,14-15,18H,3-4,7-10H2,1H3. The van der Waals surface area contributed by atoms with E-state index in [4.69, 9.17) is 11.3 Å². The van der Waals surface area contributed by atoms with E-state index in [1.165, 1.54) is 18.2 Å². The lowest BCUT2D eigenvalue weighted by Gasteiger charge is -2.32. The van der Waals surface area contributed by atoms with Gasteiger partial charge in [-0.15, -0.1) is 5.10 Å². The number of hydrogen-bond acceptors (Lipinski definition) is 7. The molecule has 9 nitrogen and oxygen atoms in total. The molecule has 0 saturated carbocycles. The highest BCUT2D eigenvalue weighted by Gasteiger charge is 2.24. The SMILES string of the molecule is [C-]#[N+]c1ccc(-n2nc(C#N)c(OC3CCN(c4ncc(CCC)cn4)CC3)cc2=O)cc1F. The van der Waals surface area contributed by atoms with Crippen molar-refractivity contribution in [1.29, 1.82) is 5.26 Å². The highest BCUT2D eigenvalue weighted by atomic mass is 19.1. The molecule has 10 heteroatoms. The Morgan fingerprint density at radius 3 is 2.62 bits per heavy atom. The average Bonchev–Trinajstić information content (AvgIpc) is 2.85. The van der Waals surface area contributed by atoms with Crippen LogP contribution in [0.1, 0.15) is 37.4 Å². The van der Waals surface area contributed by atoms with Gasteiger partial charge in [-0.05, 0) is 24.1 Å². The highest BCUT2D eigenvalue weighted by molar-refractivity contribution is 5.51. The molecule has 1 aromatic carbocycles. The molecule has 4 rings (SSSR count). The first kappa shape index (κ1) is 22.9. The van der Waals surface area contributed by atoms with Crippen LogP contribution in [-0.2, 0) is 6.42 Å². The predicted molar refractivity (Wildman–Crippen MR) is 123 cm³/mol. The normalized spacial score (nSPS) is 13.8. The molecule has 1 fully saturated rings. The summed E-state index contributed by atoms with van der Waals surface area (Å²) in [6.45, 7) is 10.4. The monoisotopic (exact) mass is 459 g/mol. The number of nitriles is 1. The fourth-order valence-corrected chi connectivity index (χ4v) is 3.79. The van der Waals surface area contributed by atoms with E-state index in [0.717, 1.165) is 29.2 Å². The van der Waals surface area contributed by atoms with Gasteiger partial charge in [0.1, 0.15) is 18.0 Å². The number of halogens is 1. The molecular formula is C24H22FN7O2. The molecule has 0 atom stereocenters. The smallest absolute Gasteiger partial charge is 0.275 e. The molecule has 3 aromatic rings. The lowest BCUT2D eigenvalue weighted by atomic mass is 10.1. The summed E-state index contributed by atoms with van der Waals surface area (Å²) in [6.07, 6.45) is 6.83. The number of rotatable bonds is 6. The van der Waals surface area contributed by atoms with Crippen molar-refractivity contribution in [2.45, 2.75) is 38.7 Å². The van der Waals surface area contributed by atoms with Gasteiger partial charge in [0.25, 0.3) is 5.56 Å². The van der Waals surface area contributed by atoms with E-state index in [2.05, 4.69) is 31.7 Å². The molecule has 172 valence electrons. The van der Waals surface area contributed by atoms with Crippen LogP contribution in [0.25, 0.3) is 10.5 Å². The molecule has 2 aromatic heterocycles. The molecule has 0 aliphatic carbocycles. The summed E-state index contributed by atoms with van der Waals surface area (Å²) < 4.78 is 20.9. The molecule has 3 heterocycles. The maximum atomic E-state index is 14.0. The van der Waals surface area contributed by atoms with Crippen LogP contribution in [0.4, 0.5) is 16.0 Å². The number of anilines is 1. The fourth-order valence-electron chi connectivity index (χ4n) is 3.79. The molecule has 0 N–H and O–H groups in total. The average molecular weight is 459 g/mol. The van der Waals surface area contributed by atoms with Gasteiger partial charge >= 0.3 is 0 Å². The lowest BCUT2D eigenvalue weighted by molar-refractivity contribution is 0.168. The molecule has 1 saturated heterocycles. The Hall–Kier alpha value is -4.31. The van der Waals surface area contributed by atoms with E-state index in [9.17, 15) is 14.4 Å². The van der Waals surface area contributed by atoms with Crippen molar-refractivity contribution in [2.24, 2.45) is 0 Å². The molecule has 0 amide bonds. The summed E-state index contributed by atoms with van der Waals surface area (Å²) in [5.74, 6) is 0.00754.